The van der Waals surface area contributed by atoms with Crippen molar-refractivity contribution in [2.24, 2.45) is 0 Å². The molecule has 4 rings (SSSR count). The van der Waals surface area contributed by atoms with Gasteiger partial charge in [-0.1, -0.05) is 12.1 Å². The van der Waals surface area contributed by atoms with Crippen molar-refractivity contribution in [2.75, 3.05) is 18.9 Å². The van der Waals surface area contributed by atoms with Crippen LogP contribution in [0.25, 0.3) is 5.65 Å². The van der Waals surface area contributed by atoms with Crippen molar-refractivity contribution in [3.8, 4) is 0 Å². The first-order valence-corrected chi connectivity index (χ1v) is 10.6. The van der Waals surface area contributed by atoms with E-state index in [9.17, 15) is 19.5 Å². The van der Waals surface area contributed by atoms with E-state index < -0.39 is 5.97 Å². The van der Waals surface area contributed by atoms with E-state index in [1.165, 1.54) is 10.5 Å². The maximum absolute atomic E-state index is 12.9. The van der Waals surface area contributed by atoms with Gasteiger partial charge < -0.3 is 15.3 Å². The van der Waals surface area contributed by atoms with Crippen molar-refractivity contribution in [3.63, 3.8) is 0 Å². The second-order valence-corrected chi connectivity index (χ2v) is 8.41. The second-order valence-electron chi connectivity index (χ2n) is 8.41. The minimum Gasteiger partial charge on any atom is -0.478 e. The Kier molecular flexibility index (Phi) is 5.69. The van der Waals surface area contributed by atoms with Crippen LogP contribution in [0.3, 0.4) is 0 Å². The van der Waals surface area contributed by atoms with Gasteiger partial charge in [0, 0.05) is 49.4 Å². The molecule has 2 aromatic heterocycles. The Morgan fingerprint density at radius 1 is 1.25 bits per heavy atom. The van der Waals surface area contributed by atoms with Crippen LogP contribution in [-0.2, 0) is 4.79 Å². The van der Waals surface area contributed by atoms with Gasteiger partial charge in [-0.3, -0.25) is 14.0 Å². The molecule has 166 valence electrons. The van der Waals surface area contributed by atoms with E-state index in [1.807, 2.05) is 19.9 Å². The van der Waals surface area contributed by atoms with Crippen LogP contribution in [-0.4, -0.2) is 44.9 Å². The van der Waals surface area contributed by atoms with Gasteiger partial charge in [0.1, 0.15) is 5.65 Å². The first kappa shape index (κ1) is 21.5. The largest absolute Gasteiger partial charge is 0.478 e. The van der Waals surface area contributed by atoms with E-state index in [-0.39, 0.29) is 29.0 Å². The van der Waals surface area contributed by atoms with Gasteiger partial charge in [-0.25, -0.2) is 9.78 Å². The summed E-state index contributed by atoms with van der Waals surface area (Å²) in [6.45, 7) is 4.44. The number of amides is 1. The summed E-state index contributed by atoms with van der Waals surface area (Å²) < 4.78 is 1.52. The summed E-state index contributed by atoms with van der Waals surface area (Å²) >= 11 is 0. The van der Waals surface area contributed by atoms with Crippen molar-refractivity contribution in [1.82, 2.24) is 14.3 Å². The number of aromatic nitrogens is 2. The van der Waals surface area contributed by atoms with Gasteiger partial charge in [-0.15, -0.1) is 0 Å². The summed E-state index contributed by atoms with van der Waals surface area (Å²) in [5.74, 6) is -1.06. The lowest BCUT2D eigenvalue weighted by Crippen LogP contribution is -2.35. The number of nitrogens with zero attached hydrogens (tertiary/aromatic N) is 3. The number of hydrogen-bond acceptors (Lipinski definition) is 5. The maximum Gasteiger partial charge on any atom is 0.337 e. The van der Waals surface area contributed by atoms with Crippen LogP contribution >= 0.6 is 0 Å². The number of para-hydroxylation sites is 1. The lowest BCUT2D eigenvalue weighted by molar-refractivity contribution is -0.132. The number of anilines is 1. The average Bonchev–Trinajstić information content (AvgIpc) is 2.75. The number of carboxylic acid groups (broad SMARTS) is 1. The summed E-state index contributed by atoms with van der Waals surface area (Å²) in [6.07, 6.45) is 2.83. The molecule has 0 radical (unpaired) electrons. The fourth-order valence-electron chi connectivity index (χ4n) is 4.22. The highest BCUT2D eigenvalue weighted by molar-refractivity contribution is 5.94. The molecule has 1 saturated heterocycles. The van der Waals surface area contributed by atoms with Crippen LogP contribution in [0.2, 0.25) is 0 Å². The highest BCUT2D eigenvalue weighted by atomic mass is 16.4. The number of benzene rings is 1. The predicted octanol–water partition coefficient (Wildman–Crippen LogP) is 3.21. The lowest BCUT2D eigenvalue weighted by Gasteiger charge is -2.28. The van der Waals surface area contributed by atoms with Crippen molar-refractivity contribution in [1.29, 1.82) is 0 Å². The fourth-order valence-corrected chi connectivity index (χ4v) is 4.22. The number of pyridine rings is 1. The molecule has 1 amide bonds. The molecule has 1 fully saturated rings. The maximum atomic E-state index is 12.9. The van der Waals surface area contributed by atoms with Gasteiger partial charge in [0.05, 0.1) is 17.3 Å². The zero-order valence-corrected chi connectivity index (χ0v) is 18.3. The van der Waals surface area contributed by atoms with Gasteiger partial charge in [0.2, 0.25) is 5.91 Å². The molecule has 0 bridgehead atoms. The summed E-state index contributed by atoms with van der Waals surface area (Å²) in [4.78, 5) is 43.2. The van der Waals surface area contributed by atoms with Crippen LogP contribution < -0.4 is 10.9 Å². The Bertz CT molecular complexity index is 1270. The topological polar surface area (TPSA) is 104 Å². The number of likely N-dealkylation sites (tertiary alicyclic amines) is 1. The van der Waals surface area contributed by atoms with Gasteiger partial charge in [-0.2, -0.15) is 0 Å². The fraction of sp³-hybridized carbons (Fsp3) is 0.333. The van der Waals surface area contributed by atoms with E-state index in [1.54, 1.807) is 42.4 Å². The predicted molar refractivity (Wildman–Crippen MR) is 121 cm³/mol. The average molecular weight is 434 g/mol. The van der Waals surface area contributed by atoms with Crippen molar-refractivity contribution in [2.45, 2.75) is 38.6 Å². The summed E-state index contributed by atoms with van der Waals surface area (Å²) in [5.41, 5.74) is 3.28. The second kappa shape index (κ2) is 8.45. The molecule has 32 heavy (non-hydrogen) atoms. The number of nitrogens with one attached hydrogen (secondary N) is 1. The zero-order valence-electron chi connectivity index (χ0n) is 18.3. The van der Waals surface area contributed by atoms with Crippen LogP contribution in [0.1, 0.15) is 58.9 Å². The summed E-state index contributed by atoms with van der Waals surface area (Å²) in [5, 5.41) is 12.8. The van der Waals surface area contributed by atoms with Crippen LogP contribution in [0.5, 0.6) is 0 Å². The number of carbonyl (C=O) groups is 2. The minimum absolute atomic E-state index is 0.0488. The first-order valence-electron chi connectivity index (χ1n) is 10.6. The van der Waals surface area contributed by atoms with Crippen molar-refractivity contribution in [3.05, 3.63) is 75.3 Å². The molecule has 0 spiro atoms. The number of carbonyl (C=O) groups excluding carboxylic acids is 1. The lowest BCUT2D eigenvalue weighted by atomic mass is 9.93. The number of piperidine rings is 1. The standard InChI is InChI=1S/C24H26N4O4/c1-14-10-18(15(2)25-19-7-5-4-6-17(19)24(31)32)23-26-20(12-22(30)28(23)13-14)16-8-9-27(3)21(29)11-16/h4-7,10,12-13,15-16,25H,8-9,11H2,1-3H3,(H,31,32)/t15-,16+/m1/s1. The number of aryl methyl sites for hydroxylation is 1. The minimum atomic E-state index is -1.02. The molecule has 0 aliphatic carbocycles. The van der Waals surface area contributed by atoms with Crippen LogP contribution in [0.15, 0.2) is 47.4 Å². The molecule has 3 aromatic rings. The van der Waals surface area contributed by atoms with Gasteiger partial charge in [0.15, 0.2) is 0 Å². The van der Waals surface area contributed by atoms with Gasteiger partial charge in [-0.05, 0) is 44.0 Å². The number of rotatable bonds is 5. The smallest absolute Gasteiger partial charge is 0.337 e. The number of fused-ring (bicyclic) bond motifs is 1. The molecule has 8 nitrogen and oxygen atoms in total. The Morgan fingerprint density at radius 2 is 2.00 bits per heavy atom. The Labute approximate surface area is 185 Å². The molecule has 1 aliphatic rings. The van der Waals surface area contributed by atoms with E-state index in [2.05, 4.69) is 5.32 Å². The molecule has 2 atom stereocenters. The van der Waals surface area contributed by atoms with E-state index in [0.29, 0.717) is 30.0 Å². The summed E-state index contributed by atoms with van der Waals surface area (Å²) in [6, 6.07) is 9.87. The highest BCUT2D eigenvalue weighted by Crippen LogP contribution is 2.29. The van der Waals surface area contributed by atoms with Crippen molar-refractivity contribution >= 4 is 23.2 Å². The number of hydrogen-bond donors (Lipinski definition) is 2. The Morgan fingerprint density at radius 3 is 2.72 bits per heavy atom. The molecule has 8 heteroatoms. The Hall–Kier alpha value is -3.68. The molecule has 1 aliphatic heterocycles. The third-order valence-electron chi connectivity index (χ3n) is 6.02. The molecule has 1 aromatic carbocycles. The molecular formula is C24H26N4O4. The number of carboxylic acids is 1. The third-order valence-corrected chi connectivity index (χ3v) is 6.02. The van der Waals surface area contributed by atoms with E-state index in [0.717, 1.165) is 17.5 Å². The highest BCUT2D eigenvalue weighted by Gasteiger charge is 2.27. The van der Waals surface area contributed by atoms with E-state index >= 15 is 0 Å². The molecule has 3 heterocycles. The normalized spacial score (nSPS) is 17.4. The Balaban J connectivity index is 1.77. The monoisotopic (exact) mass is 434 g/mol. The molecular weight excluding hydrogens is 408 g/mol. The summed E-state index contributed by atoms with van der Waals surface area (Å²) in [7, 11) is 1.78. The quantitative estimate of drug-likeness (QED) is 0.639. The third kappa shape index (κ3) is 4.08. The van der Waals surface area contributed by atoms with Crippen LogP contribution in [0.4, 0.5) is 5.69 Å². The zero-order chi connectivity index (χ0) is 23.0. The van der Waals surface area contributed by atoms with E-state index in [4.69, 9.17) is 4.98 Å². The van der Waals surface area contributed by atoms with Crippen LogP contribution in [0, 0.1) is 6.92 Å². The molecule has 2 N–H and O–H groups in total. The molecule has 0 saturated carbocycles. The first-order chi connectivity index (χ1) is 15.2. The van der Waals surface area contributed by atoms with Crippen molar-refractivity contribution < 1.29 is 14.7 Å². The number of aromatic carboxylic acids is 1. The molecule has 0 unspecified atom stereocenters. The SMILES string of the molecule is Cc1cc([C@@H](C)Nc2ccccc2C(=O)O)c2nc([C@H]3CCN(C)C(=O)C3)cc(=O)n2c1. The van der Waals surface area contributed by atoms with Gasteiger partial charge >= 0.3 is 5.97 Å². The van der Waals surface area contributed by atoms with Gasteiger partial charge in [0.25, 0.3) is 5.56 Å².